The number of rotatable bonds is 4. The summed E-state index contributed by atoms with van der Waals surface area (Å²) in [6.07, 6.45) is 1.33. The summed E-state index contributed by atoms with van der Waals surface area (Å²) >= 11 is 0. The number of piperazine rings is 1. The zero-order chi connectivity index (χ0) is 13.0. The molecule has 100 valence electrons. The highest BCUT2D eigenvalue weighted by atomic mass is 16.5. The molecule has 1 heterocycles. The molecule has 0 spiro atoms. The Hall–Kier alpha value is -1.22. The zero-order valence-corrected chi connectivity index (χ0v) is 11.7. The summed E-state index contributed by atoms with van der Waals surface area (Å²) in [6.45, 7) is 10.8. The molecule has 1 N–H and O–H groups in total. The predicted octanol–water partition coefficient (Wildman–Crippen LogP) is 2.58. The molecule has 2 rings (SSSR count). The minimum absolute atomic E-state index is 0.287. The third kappa shape index (κ3) is 3.16. The van der Waals surface area contributed by atoms with Crippen molar-refractivity contribution >= 4 is 5.69 Å². The molecule has 0 amide bonds. The Morgan fingerprint density at radius 1 is 1.33 bits per heavy atom. The van der Waals surface area contributed by atoms with Crippen LogP contribution >= 0.6 is 0 Å². The van der Waals surface area contributed by atoms with Crippen molar-refractivity contribution in [3.05, 3.63) is 23.8 Å². The molecule has 1 fully saturated rings. The SMILES string of the molecule is CCC(C)Oc1ccc(N2CCNCC2)c(C)c1. The summed E-state index contributed by atoms with van der Waals surface area (Å²) in [5.41, 5.74) is 2.64. The first-order valence-corrected chi connectivity index (χ1v) is 6.93. The van der Waals surface area contributed by atoms with E-state index in [1.54, 1.807) is 0 Å². The van der Waals surface area contributed by atoms with Gasteiger partial charge in [0.15, 0.2) is 0 Å². The van der Waals surface area contributed by atoms with Gasteiger partial charge in [0.1, 0.15) is 5.75 Å². The summed E-state index contributed by atoms with van der Waals surface area (Å²) in [5.74, 6) is 0.987. The largest absolute Gasteiger partial charge is 0.491 e. The lowest BCUT2D eigenvalue weighted by Gasteiger charge is -2.31. The lowest BCUT2D eigenvalue weighted by atomic mass is 10.1. The number of ether oxygens (including phenoxy) is 1. The second-order valence-electron chi connectivity index (χ2n) is 5.02. The van der Waals surface area contributed by atoms with Crippen LogP contribution in [-0.2, 0) is 0 Å². The molecule has 0 radical (unpaired) electrons. The molecular weight excluding hydrogens is 224 g/mol. The number of nitrogens with zero attached hydrogens (tertiary/aromatic N) is 1. The van der Waals surface area contributed by atoms with Crippen molar-refractivity contribution in [3.8, 4) is 5.75 Å². The molecule has 1 unspecified atom stereocenters. The van der Waals surface area contributed by atoms with Crippen molar-refractivity contribution in [1.82, 2.24) is 5.32 Å². The van der Waals surface area contributed by atoms with Crippen molar-refractivity contribution < 1.29 is 4.74 Å². The maximum atomic E-state index is 5.86. The van der Waals surface area contributed by atoms with Crippen LogP contribution in [0.2, 0.25) is 0 Å². The Balaban J connectivity index is 2.09. The monoisotopic (exact) mass is 248 g/mol. The molecule has 1 saturated heterocycles. The minimum atomic E-state index is 0.287. The highest BCUT2D eigenvalue weighted by Crippen LogP contribution is 2.25. The molecule has 0 saturated carbocycles. The Kier molecular flexibility index (Phi) is 4.48. The average Bonchev–Trinajstić information content (AvgIpc) is 2.40. The van der Waals surface area contributed by atoms with Crippen molar-refractivity contribution in [3.63, 3.8) is 0 Å². The van der Waals surface area contributed by atoms with Crippen LogP contribution in [0.1, 0.15) is 25.8 Å². The van der Waals surface area contributed by atoms with E-state index in [9.17, 15) is 0 Å². The highest BCUT2D eigenvalue weighted by molar-refractivity contribution is 5.56. The Bertz CT molecular complexity index is 386. The third-order valence-corrected chi connectivity index (χ3v) is 3.54. The summed E-state index contributed by atoms with van der Waals surface area (Å²) in [6, 6.07) is 6.44. The fraction of sp³-hybridized carbons (Fsp3) is 0.600. The van der Waals surface area contributed by atoms with E-state index < -0.39 is 0 Å². The number of hydrogen-bond acceptors (Lipinski definition) is 3. The molecule has 3 heteroatoms. The smallest absolute Gasteiger partial charge is 0.120 e. The molecule has 1 aliphatic rings. The van der Waals surface area contributed by atoms with Crippen molar-refractivity contribution in [2.24, 2.45) is 0 Å². The van der Waals surface area contributed by atoms with Gasteiger partial charge in [-0.25, -0.2) is 0 Å². The lowest BCUT2D eigenvalue weighted by Crippen LogP contribution is -2.43. The number of anilines is 1. The van der Waals surface area contributed by atoms with E-state index >= 15 is 0 Å². The van der Waals surface area contributed by atoms with Gasteiger partial charge in [0.2, 0.25) is 0 Å². The van der Waals surface area contributed by atoms with Gasteiger partial charge in [0.05, 0.1) is 6.10 Å². The first-order chi connectivity index (χ1) is 8.70. The van der Waals surface area contributed by atoms with Crippen LogP contribution in [0.5, 0.6) is 5.75 Å². The van der Waals surface area contributed by atoms with Crippen LogP contribution in [0.25, 0.3) is 0 Å². The van der Waals surface area contributed by atoms with Crippen molar-refractivity contribution in [2.45, 2.75) is 33.3 Å². The molecule has 18 heavy (non-hydrogen) atoms. The van der Waals surface area contributed by atoms with Gasteiger partial charge in [0, 0.05) is 31.9 Å². The lowest BCUT2D eigenvalue weighted by molar-refractivity contribution is 0.217. The van der Waals surface area contributed by atoms with E-state index in [1.807, 2.05) is 0 Å². The molecule has 1 aliphatic heterocycles. The van der Waals surface area contributed by atoms with Gasteiger partial charge in [-0.1, -0.05) is 6.92 Å². The Morgan fingerprint density at radius 3 is 2.67 bits per heavy atom. The Labute approximate surface area is 110 Å². The fourth-order valence-corrected chi connectivity index (χ4v) is 2.28. The van der Waals surface area contributed by atoms with Gasteiger partial charge in [-0.3, -0.25) is 0 Å². The van der Waals surface area contributed by atoms with Crippen molar-refractivity contribution in [1.29, 1.82) is 0 Å². The standard InChI is InChI=1S/C15H24N2O/c1-4-13(3)18-14-5-6-15(12(2)11-14)17-9-7-16-8-10-17/h5-6,11,13,16H,4,7-10H2,1-3H3. The van der Waals surface area contributed by atoms with Crippen LogP contribution in [0.3, 0.4) is 0 Å². The maximum Gasteiger partial charge on any atom is 0.120 e. The van der Waals surface area contributed by atoms with E-state index in [0.717, 1.165) is 38.3 Å². The molecule has 3 nitrogen and oxygen atoms in total. The molecule has 0 aliphatic carbocycles. The van der Waals surface area contributed by atoms with Gasteiger partial charge >= 0.3 is 0 Å². The van der Waals surface area contributed by atoms with Gasteiger partial charge in [-0.05, 0) is 44.0 Å². The molecular formula is C15H24N2O. The number of nitrogens with one attached hydrogen (secondary N) is 1. The molecule has 1 aromatic rings. The van der Waals surface area contributed by atoms with Crippen LogP contribution in [-0.4, -0.2) is 32.3 Å². The zero-order valence-electron chi connectivity index (χ0n) is 11.7. The van der Waals surface area contributed by atoms with Gasteiger partial charge in [0.25, 0.3) is 0 Å². The second kappa shape index (κ2) is 6.10. The fourth-order valence-electron chi connectivity index (χ4n) is 2.28. The topological polar surface area (TPSA) is 24.5 Å². The summed E-state index contributed by atoms with van der Waals surface area (Å²) in [5, 5.41) is 3.38. The first-order valence-electron chi connectivity index (χ1n) is 6.93. The van der Waals surface area contributed by atoms with Crippen LogP contribution in [0, 0.1) is 6.92 Å². The van der Waals surface area contributed by atoms with Crippen LogP contribution in [0.4, 0.5) is 5.69 Å². The van der Waals surface area contributed by atoms with E-state index in [-0.39, 0.29) is 6.10 Å². The van der Waals surface area contributed by atoms with E-state index in [1.165, 1.54) is 11.3 Å². The van der Waals surface area contributed by atoms with Crippen LogP contribution in [0.15, 0.2) is 18.2 Å². The van der Waals surface area contributed by atoms with Crippen molar-refractivity contribution in [2.75, 3.05) is 31.1 Å². The third-order valence-electron chi connectivity index (χ3n) is 3.54. The maximum absolute atomic E-state index is 5.86. The second-order valence-corrected chi connectivity index (χ2v) is 5.02. The molecule has 0 aromatic heterocycles. The first kappa shape index (κ1) is 13.2. The number of hydrogen-bond donors (Lipinski definition) is 1. The minimum Gasteiger partial charge on any atom is -0.491 e. The molecule has 1 atom stereocenters. The normalized spacial score (nSPS) is 17.6. The summed E-state index contributed by atoms with van der Waals surface area (Å²) in [7, 11) is 0. The van der Waals surface area contributed by atoms with Gasteiger partial charge < -0.3 is 15.0 Å². The molecule has 0 bridgehead atoms. The van der Waals surface area contributed by atoms with E-state index in [4.69, 9.17) is 4.74 Å². The quantitative estimate of drug-likeness (QED) is 0.886. The highest BCUT2D eigenvalue weighted by Gasteiger charge is 2.13. The summed E-state index contributed by atoms with van der Waals surface area (Å²) < 4.78 is 5.86. The number of aryl methyl sites for hydroxylation is 1. The average molecular weight is 248 g/mol. The summed E-state index contributed by atoms with van der Waals surface area (Å²) in [4.78, 5) is 2.44. The Morgan fingerprint density at radius 2 is 2.06 bits per heavy atom. The van der Waals surface area contributed by atoms with Crippen LogP contribution < -0.4 is 15.0 Å². The number of benzene rings is 1. The van der Waals surface area contributed by atoms with E-state index in [2.05, 4.69) is 49.2 Å². The molecule has 1 aromatic carbocycles. The van der Waals surface area contributed by atoms with Gasteiger partial charge in [-0.15, -0.1) is 0 Å². The van der Waals surface area contributed by atoms with E-state index in [0.29, 0.717) is 0 Å². The predicted molar refractivity (Wildman–Crippen MR) is 76.6 cm³/mol. The van der Waals surface area contributed by atoms with Gasteiger partial charge in [-0.2, -0.15) is 0 Å².